The van der Waals surface area contributed by atoms with E-state index in [1.165, 1.54) is 154 Å². The van der Waals surface area contributed by atoms with E-state index in [0.29, 0.717) is 19.3 Å². The normalized spacial score (nSPS) is 27.7. The lowest BCUT2D eigenvalue weighted by Gasteiger charge is -2.49. The van der Waals surface area contributed by atoms with Crippen LogP contribution < -0.4 is 0 Å². The Morgan fingerprint density at radius 3 is 1.23 bits per heavy atom. The van der Waals surface area contributed by atoms with Crippen molar-refractivity contribution in [2.45, 2.75) is 388 Å². The van der Waals surface area contributed by atoms with Crippen LogP contribution in [0.5, 0.6) is 0 Å². The van der Waals surface area contributed by atoms with Crippen molar-refractivity contribution in [3.8, 4) is 0 Å². The Morgan fingerprint density at radius 1 is 0.414 bits per heavy atom. The van der Waals surface area contributed by atoms with Crippen LogP contribution in [-0.4, -0.2) is 204 Å². The number of unbranched alkanes of at least 4 members (excludes halogenated alkanes) is 35. The van der Waals surface area contributed by atoms with Crippen molar-refractivity contribution in [2.24, 2.45) is 0 Å². The van der Waals surface area contributed by atoms with Gasteiger partial charge >= 0.3 is 25.7 Å². The maximum Gasteiger partial charge on any atom is 0.472 e. The second-order valence-electron chi connectivity index (χ2n) is 27.4. The highest BCUT2D eigenvalue weighted by Crippen LogP contribution is 2.49. The van der Waals surface area contributed by atoms with Crippen LogP contribution in [0.1, 0.15) is 284 Å². The summed E-state index contributed by atoms with van der Waals surface area (Å²) in [5, 5.41) is 110. The van der Waals surface area contributed by atoms with Crippen LogP contribution in [0.25, 0.3) is 0 Å². The van der Waals surface area contributed by atoms with Crippen LogP contribution in [-0.2, 0) is 61.2 Å². The van der Waals surface area contributed by atoms with Gasteiger partial charge in [-0.3, -0.25) is 18.6 Å². The first-order chi connectivity index (χ1) is 47.8. The summed E-state index contributed by atoms with van der Waals surface area (Å²) in [6.07, 6.45) is 18.5. The Labute approximate surface area is 591 Å². The lowest BCUT2D eigenvalue weighted by molar-refractivity contribution is -0.360. The quantitative estimate of drug-likeness (QED) is 0.00512. The van der Waals surface area contributed by atoms with Crippen LogP contribution in [0.4, 0.5) is 0 Å². The topological polar surface area (TPSA) is 374 Å². The van der Waals surface area contributed by atoms with E-state index >= 15 is 0 Å². The summed E-state index contributed by atoms with van der Waals surface area (Å²) in [4.78, 5) is 50.9. The molecule has 18 atom stereocenters. The van der Waals surface area contributed by atoms with Crippen molar-refractivity contribution in [1.29, 1.82) is 0 Å². The highest BCUT2D eigenvalue weighted by molar-refractivity contribution is 7.47. The van der Waals surface area contributed by atoms with E-state index in [2.05, 4.69) is 32.9 Å². The van der Waals surface area contributed by atoms with E-state index in [9.17, 15) is 74.9 Å². The lowest BCUT2D eigenvalue weighted by atomic mass is 9.84. The van der Waals surface area contributed by atoms with E-state index < -0.39 is 156 Å². The second kappa shape index (κ2) is 55.6. The van der Waals surface area contributed by atoms with Crippen LogP contribution in [0.2, 0.25) is 0 Å². The maximum absolute atomic E-state index is 14.3. The maximum atomic E-state index is 14.3. The standard InChI is InChI=1S/C74H133O24P/c1-4-7-10-13-16-19-22-25-28-31-33-36-39-42-45-48-58(76)90-52-55(93-60(78)50-47-44-41-38-35-30-27-24-21-18-15-12-9-6-3)53-92-99(88,89)98-72-70(96-73-68(86)63(81)61(79)56(51-75)94-73)66(84)65(83)67(85)71(72)97-74-69(87)64(82)62(80)57(95-74)54-91-59(77)49-46-43-40-37-34-32-29-26-23-20-17-14-11-8-5-2/h30,35,39,42,45,48,55-57,61-75,79-87H,4-29,31-34,36-38,40-41,43-44,46-47,49-54H2,1-3H3,(H,88,89)/b35-30-,42-39+,48-45+. The number of ether oxygens (including phenoxy) is 7. The average Bonchev–Trinajstić information content (AvgIpc) is 0.763. The van der Waals surface area contributed by atoms with Gasteiger partial charge < -0.3 is 89.1 Å². The molecule has 0 bridgehead atoms. The summed E-state index contributed by atoms with van der Waals surface area (Å²) in [5.74, 6) is -2.26. The minimum absolute atomic E-state index is 0.0274. The van der Waals surface area contributed by atoms with Crippen LogP contribution >= 0.6 is 7.82 Å². The minimum atomic E-state index is -5.72. The number of aliphatic hydroxyl groups excluding tert-OH is 10. The molecule has 99 heavy (non-hydrogen) atoms. The Balaban J connectivity index is 1.75. The van der Waals surface area contributed by atoms with Gasteiger partial charge in [0.05, 0.1) is 13.2 Å². The summed E-state index contributed by atoms with van der Waals surface area (Å²) in [5.41, 5.74) is 0. The molecule has 0 spiro atoms. The number of aliphatic hydroxyl groups is 10. The molecule has 1 aliphatic carbocycles. The van der Waals surface area contributed by atoms with E-state index in [1.54, 1.807) is 6.08 Å². The van der Waals surface area contributed by atoms with Gasteiger partial charge in [0.25, 0.3) is 0 Å². The first kappa shape index (κ1) is 90.4. The summed E-state index contributed by atoms with van der Waals surface area (Å²) >= 11 is 0. The zero-order chi connectivity index (χ0) is 72.5. The number of hydrogen-bond acceptors (Lipinski definition) is 23. The van der Waals surface area contributed by atoms with Gasteiger partial charge in [-0.05, 0) is 51.4 Å². The third-order valence-corrected chi connectivity index (χ3v) is 19.7. The lowest BCUT2D eigenvalue weighted by Crippen LogP contribution is -2.69. The summed E-state index contributed by atoms with van der Waals surface area (Å²) in [6.45, 7) is 3.32. The molecule has 3 rings (SSSR count). The van der Waals surface area contributed by atoms with Gasteiger partial charge in [0.15, 0.2) is 18.7 Å². The van der Waals surface area contributed by atoms with Gasteiger partial charge in [-0.25, -0.2) is 9.36 Å². The number of carbonyl (C=O) groups excluding carboxylic acids is 3. The molecule has 25 heteroatoms. The average molecular weight is 1440 g/mol. The molecular formula is C74H133O24P. The predicted octanol–water partition coefficient (Wildman–Crippen LogP) is 10.7. The molecule has 0 aromatic rings. The van der Waals surface area contributed by atoms with Gasteiger partial charge in [0.2, 0.25) is 0 Å². The molecule has 2 heterocycles. The zero-order valence-corrected chi connectivity index (χ0v) is 61.2. The van der Waals surface area contributed by atoms with Crippen molar-refractivity contribution in [3.05, 3.63) is 36.5 Å². The fraction of sp³-hybridized carbons (Fsp3) is 0.878. The van der Waals surface area contributed by atoms with E-state index in [-0.39, 0.29) is 12.8 Å². The van der Waals surface area contributed by atoms with Crippen molar-refractivity contribution in [2.75, 3.05) is 26.4 Å². The van der Waals surface area contributed by atoms with Crippen LogP contribution in [0.15, 0.2) is 36.5 Å². The largest absolute Gasteiger partial charge is 0.472 e. The van der Waals surface area contributed by atoms with Crippen LogP contribution in [0.3, 0.4) is 0 Å². The number of carbonyl (C=O) groups is 3. The van der Waals surface area contributed by atoms with Crippen molar-refractivity contribution < 1.29 is 117 Å². The van der Waals surface area contributed by atoms with E-state index in [4.69, 9.17) is 42.2 Å². The Bertz CT molecular complexity index is 2190. The molecule has 1 saturated carbocycles. The van der Waals surface area contributed by atoms with Crippen LogP contribution in [0, 0.1) is 0 Å². The Morgan fingerprint density at radius 2 is 0.788 bits per heavy atom. The zero-order valence-electron chi connectivity index (χ0n) is 60.3. The molecule has 0 radical (unpaired) electrons. The monoisotopic (exact) mass is 1440 g/mol. The Kier molecular flexibility index (Phi) is 50.8. The first-order valence-electron chi connectivity index (χ1n) is 38.3. The number of phosphoric acid groups is 1. The molecule has 3 aliphatic rings. The van der Waals surface area contributed by atoms with E-state index in [0.717, 1.165) is 89.5 Å². The predicted molar refractivity (Wildman–Crippen MR) is 374 cm³/mol. The van der Waals surface area contributed by atoms with E-state index in [1.807, 2.05) is 6.08 Å². The summed E-state index contributed by atoms with van der Waals surface area (Å²) in [7, 11) is -5.72. The number of allylic oxidation sites excluding steroid dienone is 5. The number of esters is 3. The highest BCUT2D eigenvalue weighted by Gasteiger charge is 2.58. The molecule has 0 amide bonds. The molecule has 24 nitrogen and oxygen atoms in total. The summed E-state index contributed by atoms with van der Waals surface area (Å²) < 4.78 is 64.8. The smallest absolute Gasteiger partial charge is 0.463 e. The molecule has 2 saturated heterocycles. The second-order valence-corrected chi connectivity index (χ2v) is 28.8. The number of phosphoric ester groups is 1. The third kappa shape index (κ3) is 38.7. The van der Waals surface area contributed by atoms with Crippen molar-refractivity contribution in [3.63, 3.8) is 0 Å². The number of rotatable bonds is 59. The molecule has 2 aliphatic heterocycles. The van der Waals surface area contributed by atoms with Gasteiger partial charge in [-0.2, -0.15) is 0 Å². The molecule has 11 N–H and O–H groups in total. The molecule has 0 aromatic heterocycles. The molecular weight excluding hydrogens is 1300 g/mol. The Hall–Kier alpha value is -2.82. The van der Waals surface area contributed by atoms with Gasteiger partial charge in [-0.1, -0.05) is 250 Å². The summed E-state index contributed by atoms with van der Waals surface area (Å²) in [6, 6.07) is 0. The van der Waals surface area contributed by atoms with Crippen molar-refractivity contribution in [1.82, 2.24) is 0 Å². The van der Waals surface area contributed by atoms with Crippen molar-refractivity contribution >= 4 is 25.7 Å². The molecule has 0 aromatic carbocycles. The highest BCUT2D eigenvalue weighted by atomic mass is 31.2. The van der Waals surface area contributed by atoms with Gasteiger partial charge in [-0.15, -0.1) is 0 Å². The third-order valence-electron chi connectivity index (χ3n) is 18.7. The van der Waals surface area contributed by atoms with Gasteiger partial charge in [0, 0.05) is 18.9 Å². The number of hydrogen-bond donors (Lipinski definition) is 11. The minimum Gasteiger partial charge on any atom is -0.463 e. The molecule has 578 valence electrons. The fourth-order valence-corrected chi connectivity index (χ4v) is 13.5. The van der Waals surface area contributed by atoms with Gasteiger partial charge in [0.1, 0.15) is 98.7 Å². The molecule has 3 fully saturated rings. The first-order valence-corrected chi connectivity index (χ1v) is 39.8. The molecule has 18 unspecified atom stereocenters. The SMILES string of the molecule is CCCCCCCCC/C=C\CCCCCC(=O)OC(COC(=O)/C=C/C=C/CCCCCCCCCCCCC)COP(=O)(O)OC1C(OC2OC(CO)C(O)C(O)C2O)C(O)C(O)C(O)C1OC1OC(COC(=O)CCCCCCCCCCCCCCCCC)C(O)C(O)C1O. The fourth-order valence-electron chi connectivity index (χ4n) is 12.5.